The first kappa shape index (κ1) is 13.9. The van der Waals surface area contributed by atoms with Gasteiger partial charge in [-0.15, -0.1) is 0 Å². The fourth-order valence-corrected chi connectivity index (χ4v) is 2.76. The van der Waals surface area contributed by atoms with Crippen LogP contribution in [-0.4, -0.2) is 31.1 Å². The minimum atomic E-state index is 0.812. The monoisotopic (exact) mass is 311 g/mol. The lowest BCUT2D eigenvalue weighted by Crippen LogP contribution is -2.35. The third kappa shape index (κ3) is 4.62. The third-order valence-corrected chi connectivity index (χ3v) is 3.97. The van der Waals surface area contributed by atoms with E-state index in [1.165, 1.54) is 32.5 Å². The molecule has 0 aromatic heterocycles. The van der Waals surface area contributed by atoms with E-state index in [-0.39, 0.29) is 0 Å². The molecule has 1 fully saturated rings. The molecule has 0 N–H and O–H groups in total. The molecule has 1 aromatic rings. The van der Waals surface area contributed by atoms with Gasteiger partial charge in [0.1, 0.15) is 5.75 Å². The Hall–Kier alpha value is -0.540. The highest BCUT2D eigenvalue weighted by molar-refractivity contribution is 9.10. The van der Waals surface area contributed by atoms with Gasteiger partial charge in [-0.1, -0.05) is 22.9 Å². The fourth-order valence-electron chi connectivity index (χ4n) is 2.50. The van der Waals surface area contributed by atoms with Gasteiger partial charge in [-0.3, -0.25) is 0 Å². The Labute approximate surface area is 118 Å². The summed E-state index contributed by atoms with van der Waals surface area (Å²) in [6, 6.07) is 8.05. The van der Waals surface area contributed by atoms with Gasteiger partial charge in [0.2, 0.25) is 0 Å². The summed E-state index contributed by atoms with van der Waals surface area (Å²) in [6.45, 7) is 6.86. The molecule has 1 atom stereocenters. The minimum Gasteiger partial charge on any atom is -0.494 e. The molecule has 0 radical (unpaired) electrons. The molecule has 1 saturated heterocycles. The summed E-state index contributed by atoms with van der Waals surface area (Å²) < 4.78 is 6.83. The second-order valence-corrected chi connectivity index (χ2v) is 6.12. The van der Waals surface area contributed by atoms with Crippen molar-refractivity contribution >= 4 is 15.9 Å². The zero-order chi connectivity index (χ0) is 12.8. The van der Waals surface area contributed by atoms with Gasteiger partial charge < -0.3 is 9.64 Å². The Balaban J connectivity index is 1.62. The number of likely N-dealkylation sites (tertiary alicyclic amines) is 1. The van der Waals surface area contributed by atoms with E-state index in [4.69, 9.17) is 4.74 Å². The van der Waals surface area contributed by atoms with Crippen LogP contribution in [0.5, 0.6) is 5.75 Å². The summed E-state index contributed by atoms with van der Waals surface area (Å²) in [7, 11) is 0. The Morgan fingerprint density at radius 3 is 2.83 bits per heavy atom. The normalized spacial score (nSPS) is 20.9. The number of benzene rings is 1. The van der Waals surface area contributed by atoms with Crippen molar-refractivity contribution in [3.8, 4) is 5.75 Å². The quantitative estimate of drug-likeness (QED) is 0.763. The summed E-state index contributed by atoms with van der Waals surface area (Å²) in [5, 5.41) is 0. The highest BCUT2D eigenvalue weighted by atomic mass is 79.9. The van der Waals surface area contributed by atoms with Gasteiger partial charge in [-0.2, -0.15) is 0 Å². The third-order valence-electron chi connectivity index (χ3n) is 3.44. The van der Waals surface area contributed by atoms with Crippen LogP contribution in [0.15, 0.2) is 28.7 Å². The maximum atomic E-state index is 5.73. The van der Waals surface area contributed by atoms with Crippen molar-refractivity contribution in [3.05, 3.63) is 28.7 Å². The molecule has 0 spiro atoms. The van der Waals surface area contributed by atoms with Crippen molar-refractivity contribution < 1.29 is 4.74 Å². The molecule has 0 unspecified atom stereocenters. The van der Waals surface area contributed by atoms with Gasteiger partial charge in [0.15, 0.2) is 0 Å². The molecule has 2 rings (SSSR count). The van der Waals surface area contributed by atoms with Crippen molar-refractivity contribution in [2.75, 3.05) is 26.2 Å². The average molecular weight is 312 g/mol. The van der Waals surface area contributed by atoms with Crippen molar-refractivity contribution in [1.29, 1.82) is 0 Å². The maximum Gasteiger partial charge on any atom is 0.119 e. The van der Waals surface area contributed by atoms with E-state index in [9.17, 15) is 0 Å². The van der Waals surface area contributed by atoms with Crippen molar-refractivity contribution in [1.82, 2.24) is 4.90 Å². The van der Waals surface area contributed by atoms with Crippen molar-refractivity contribution in [3.63, 3.8) is 0 Å². The number of rotatable bonds is 5. The standard InChI is InChI=1S/C15H22BrNO/c1-13-4-2-9-17(12-13)10-3-11-18-15-7-5-14(16)6-8-15/h5-8,13H,2-4,9-12H2,1H3/t13-/m0/s1. The van der Waals surface area contributed by atoms with Crippen LogP contribution in [0.1, 0.15) is 26.2 Å². The van der Waals surface area contributed by atoms with Crippen LogP contribution < -0.4 is 4.74 Å². The topological polar surface area (TPSA) is 12.5 Å². The van der Waals surface area contributed by atoms with Crippen molar-refractivity contribution in [2.45, 2.75) is 26.2 Å². The van der Waals surface area contributed by atoms with E-state index in [0.717, 1.165) is 29.2 Å². The number of ether oxygens (including phenoxy) is 1. The van der Waals surface area contributed by atoms with E-state index in [1.807, 2.05) is 24.3 Å². The first-order valence-corrected chi connectivity index (χ1v) is 7.64. The first-order valence-electron chi connectivity index (χ1n) is 6.85. The van der Waals surface area contributed by atoms with Gasteiger partial charge in [0, 0.05) is 17.6 Å². The predicted molar refractivity (Wildman–Crippen MR) is 79.1 cm³/mol. The summed E-state index contributed by atoms with van der Waals surface area (Å²) in [6.07, 6.45) is 3.86. The highest BCUT2D eigenvalue weighted by Crippen LogP contribution is 2.17. The van der Waals surface area contributed by atoms with Crippen LogP contribution in [0.25, 0.3) is 0 Å². The summed E-state index contributed by atoms with van der Waals surface area (Å²) >= 11 is 3.42. The molecular formula is C15H22BrNO. The summed E-state index contributed by atoms with van der Waals surface area (Å²) in [5.74, 6) is 1.83. The van der Waals surface area contributed by atoms with Crippen molar-refractivity contribution in [2.24, 2.45) is 5.92 Å². The van der Waals surface area contributed by atoms with Crippen LogP contribution in [0.4, 0.5) is 0 Å². The molecule has 1 heterocycles. The van der Waals surface area contributed by atoms with E-state index in [0.29, 0.717) is 0 Å². The lowest BCUT2D eigenvalue weighted by Gasteiger charge is -2.30. The molecule has 1 aliphatic heterocycles. The van der Waals surface area contributed by atoms with Crippen LogP contribution in [0.3, 0.4) is 0 Å². The largest absolute Gasteiger partial charge is 0.494 e. The number of hydrogen-bond acceptors (Lipinski definition) is 2. The van der Waals surface area contributed by atoms with Crippen LogP contribution in [0, 0.1) is 5.92 Å². The number of nitrogens with zero attached hydrogens (tertiary/aromatic N) is 1. The van der Waals surface area contributed by atoms with E-state index in [1.54, 1.807) is 0 Å². The first-order chi connectivity index (χ1) is 8.74. The molecule has 1 aliphatic rings. The zero-order valence-electron chi connectivity index (χ0n) is 11.1. The Bertz CT molecular complexity index is 352. The molecular weight excluding hydrogens is 290 g/mol. The van der Waals surface area contributed by atoms with Gasteiger partial charge in [-0.25, -0.2) is 0 Å². The fraction of sp³-hybridized carbons (Fsp3) is 0.600. The van der Waals surface area contributed by atoms with Crippen LogP contribution in [0.2, 0.25) is 0 Å². The number of halogens is 1. The van der Waals surface area contributed by atoms with Crippen LogP contribution >= 0.6 is 15.9 Å². The molecule has 0 amide bonds. The minimum absolute atomic E-state index is 0.812. The molecule has 1 aromatic carbocycles. The summed E-state index contributed by atoms with van der Waals surface area (Å²) in [4.78, 5) is 2.57. The number of piperidine rings is 1. The van der Waals surface area contributed by atoms with Gasteiger partial charge in [-0.05, 0) is 56.0 Å². The second-order valence-electron chi connectivity index (χ2n) is 5.20. The van der Waals surface area contributed by atoms with Gasteiger partial charge in [0.25, 0.3) is 0 Å². The van der Waals surface area contributed by atoms with Gasteiger partial charge in [0.05, 0.1) is 6.61 Å². The zero-order valence-corrected chi connectivity index (χ0v) is 12.7. The SMILES string of the molecule is C[C@H]1CCCN(CCCOc2ccc(Br)cc2)C1. The molecule has 0 saturated carbocycles. The van der Waals surface area contributed by atoms with Crippen LogP contribution in [-0.2, 0) is 0 Å². The van der Waals surface area contributed by atoms with E-state index in [2.05, 4.69) is 27.8 Å². The second kappa shape index (κ2) is 7.15. The van der Waals surface area contributed by atoms with E-state index >= 15 is 0 Å². The molecule has 0 bridgehead atoms. The molecule has 100 valence electrons. The van der Waals surface area contributed by atoms with E-state index < -0.39 is 0 Å². The average Bonchev–Trinajstić information content (AvgIpc) is 2.37. The highest BCUT2D eigenvalue weighted by Gasteiger charge is 2.15. The van der Waals surface area contributed by atoms with Gasteiger partial charge >= 0.3 is 0 Å². The molecule has 0 aliphatic carbocycles. The lowest BCUT2D eigenvalue weighted by atomic mass is 10.0. The smallest absolute Gasteiger partial charge is 0.119 e. The Morgan fingerprint density at radius 2 is 2.11 bits per heavy atom. The molecule has 18 heavy (non-hydrogen) atoms. The molecule has 3 heteroatoms. The maximum absolute atomic E-state index is 5.73. The molecule has 2 nitrogen and oxygen atoms in total. The Morgan fingerprint density at radius 1 is 1.33 bits per heavy atom. The Kier molecular flexibility index (Phi) is 5.51. The predicted octanol–water partition coefficient (Wildman–Crippen LogP) is 3.95. The lowest BCUT2D eigenvalue weighted by molar-refractivity contribution is 0.170. The summed E-state index contributed by atoms with van der Waals surface area (Å²) in [5.41, 5.74) is 0. The number of hydrogen-bond donors (Lipinski definition) is 0.